The van der Waals surface area contributed by atoms with Crippen molar-refractivity contribution in [1.29, 1.82) is 0 Å². The first kappa shape index (κ1) is 19.1. The number of nitrogens with zero attached hydrogens (tertiary/aromatic N) is 1. The number of benzene rings is 1. The Kier molecular flexibility index (Phi) is 6.25. The third-order valence-corrected chi connectivity index (χ3v) is 4.27. The van der Waals surface area contributed by atoms with Gasteiger partial charge < -0.3 is 19.9 Å². The predicted octanol–water partition coefficient (Wildman–Crippen LogP) is 1.94. The zero-order chi connectivity index (χ0) is 18.4. The smallest absolute Gasteiger partial charge is 0.325 e. The van der Waals surface area contributed by atoms with E-state index in [1.165, 1.54) is 0 Å². The second-order valence-electron chi connectivity index (χ2n) is 6.42. The van der Waals surface area contributed by atoms with Gasteiger partial charge in [0.15, 0.2) is 0 Å². The molecule has 0 radical (unpaired) electrons. The highest BCUT2D eigenvalue weighted by Crippen LogP contribution is 2.24. The third-order valence-electron chi connectivity index (χ3n) is 4.27. The van der Waals surface area contributed by atoms with Crippen LogP contribution in [-0.4, -0.2) is 53.8 Å². The summed E-state index contributed by atoms with van der Waals surface area (Å²) >= 11 is 0. The highest BCUT2D eigenvalue weighted by Gasteiger charge is 2.47. The fourth-order valence-electron chi connectivity index (χ4n) is 2.74. The van der Waals surface area contributed by atoms with E-state index in [1.807, 2.05) is 6.92 Å². The molecule has 25 heavy (non-hydrogen) atoms. The minimum absolute atomic E-state index is 0.0188. The summed E-state index contributed by atoms with van der Waals surface area (Å²) < 4.78 is 10.6. The van der Waals surface area contributed by atoms with Gasteiger partial charge in [-0.2, -0.15) is 0 Å². The van der Waals surface area contributed by atoms with Gasteiger partial charge in [0, 0.05) is 0 Å². The lowest BCUT2D eigenvalue weighted by Crippen LogP contribution is -2.44. The molecule has 1 aliphatic rings. The number of aliphatic hydroxyl groups excluding tert-OH is 1. The Balaban J connectivity index is 1.87. The van der Waals surface area contributed by atoms with Crippen molar-refractivity contribution >= 4 is 11.9 Å². The van der Waals surface area contributed by atoms with Crippen LogP contribution in [0.5, 0.6) is 11.5 Å². The summed E-state index contributed by atoms with van der Waals surface area (Å²) in [5.74, 6) is 0.984. The van der Waals surface area contributed by atoms with Crippen molar-refractivity contribution in [2.75, 3.05) is 20.3 Å². The molecule has 1 saturated heterocycles. The molecule has 0 bridgehead atoms. The van der Waals surface area contributed by atoms with E-state index in [-0.39, 0.29) is 19.1 Å². The molecule has 2 rings (SSSR count). The van der Waals surface area contributed by atoms with Gasteiger partial charge >= 0.3 is 6.03 Å². The molecule has 7 nitrogen and oxygen atoms in total. The maximum absolute atomic E-state index is 12.5. The monoisotopic (exact) mass is 350 g/mol. The Morgan fingerprint density at radius 2 is 1.88 bits per heavy atom. The van der Waals surface area contributed by atoms with Crippen molar-refractivity contribution in [2.24, 2.45) is 0 Å². The molecule has 138 valence electrons. The van der Waals surface area contributed by atoms with Gasteiger partial charge in [0.25, 0.3) is 5.91 Å². The number of rotatable bonds is 9. The Hall–Kier alpha value is -2.28. The van der Waals surface area contributed by atoms with Gasteiger partial charge in [-0.3, -0.25) is 9.69 Å². The van der Waals surface area contributed by atoms with Crippen LogP contribution in [0, 0.1) is 0 Å². The zero-order valence-corrected chi connectivity index (χ0v) is 14.9. The average molecular weight is 350 g/mol. The van der Waals surface area contributed by atoms with E-state index < -0.39 is 17.7 Å². The quantitative estimate of drug-likeness (QED) is 0.665. The Labute approximate surface area is 147 Å². The van der Waals surface area contributed by atoms with Crippen molar-refractivity contribution in [1.82, 2.24) is 10.2 Å². The molecule has 0 saturated carbocycles. The number of ether oxygens (including phenoxy) is 2. The molecule has 0 aromatic heterocycles. The van der Waals surface area contributed by atoms with Crippen LogP contribution in [-0.2, 0) is 4.79 Å². The molecule has 1 fully saturated rings. The van der Waals surface area contributed by atoms with Crippen LogP contribution in [0.4, 0.5) is 4.79 Å². The maximum atomic E-state index is 12.5. The standard InChI is InChI=1S/C18H26N2O5/c1-4-5-10-18(2)16(22)20(17(23)19-18)11-13(21)12-25-15-8-6-14(24-3)7-9-15/h6-9,13,21H,4-5,10-12H2,1-3H3,(H,19,23). The fourth-order valence-corrected chi connectivity index (χ4v) is 2.74. The number of aliphatic hydroxyl groups is 1. The van der Waals surface area contributed by atoms with E-state index in [4.69, 9.17) is 9.47 Å². The molecule has 1 aliphatic heterocycles. The summed E-state index contributed by atoms with van der Waals surface area (Å²) in [6.07, 6.45) is 1.41. The Bertz CT molecular complexity index is 604. The number of hydrogen-bond donors (Lipinski definition) is 2. The van der Waals surface area contributed by atoms with Crippen LogP contribution in [0.25, 0.3) is 0 Å². The van der Waals surface area contributed by atoms with E-state index >= 15 is 0 Å². The summed E-state index contributed by atoms with van der Waals surface area (Å²) in [6.45, 7) is 3.64. The molecule has 7 heteroatoms. The van der Waals surface area contributed by atoms with Crippen LogP contribution in [0.1, 0.15) is 33.1 Å². The molecular formula is C18H26N2O5. The van der Waals surface area contributed by atoms with Gasteiger partial charge in [0.05, 0.1) is 13.7 Å². The number of nitrogens with one attached hydrogen (secondary N) is 1. The Morgan fingerprint density at radius 1 is 1.24 bits per heavy atom. The molecule has 0 spiro atoms. The first-order valence-electron chi connectivity index (χ1n) is 8.48. The number of hydrogen-bond acceptors (Lipinski definition) is 5. The SMILES string of the molecule is CCCCC1(C)NC(=O)N(CC(O)COc2ccc(OC)cc2)C1=O. The van der Waals surface area contributed by atoms with Crippen molar-refractivity contribution < 1.29 is 24.2 Å². The molecule has 2 unspecified atom stereocenters. The molecule has 1 aromatic carbocycles. The van der Waals surface area contributed by atoms with Crippen LogP contribution >= 0.6 is 0 Å². The summed E-state index contributed by atoms with van der Waals surface area (Å²) in [5, 5.41) is 12.9. The van der Waals surface area contributed by atoms with Crippen LogP contribution in [0.15, 0.2) is 24.3 Å². The number of urea groups is 1. The van der Waals surface area contributed by atoms with Gasteiger partial charge in [0.2, 0.25) is 0 Å². The number of amides is 3. The van der Waals surface area contributed by atoms with E-state index in [1.54, 1.807) is 38.3 Å². The van der Waals surface area contributed by atoms with Crippen LogP contribution < -0.4 is 14.8 Å². The molecule has 1 heterocycles. The highest BCUT2D eigenvalue weighted by molar-refractivity contribution is 6.06. The third kappa shape index (κ3) is 4.63. The van der Waals surface area contributed by atoms with Crippen molar-refractivity contribution in [3.63, 3.8) is 0 Å². The zero-order valence-electron chi connectivity index (χ0n) is 14.9. The van der Waals surface area contributed by atoms with Gasteiger partial charge in [-0.25, -0.2) is 4.79 Å². The molecule has 2 atom stereocenters. The minimum atomic E-state index is -0.967. The summed E-state index contributed by atoms with van der Waals surface area (Å²) in [4.78, 5) is 25.6. The summed E-state index contributed by atoms with van der Waals surface area (Å²) in [5.41, 5.74) is -0.885. The molecule has 1 aromatic rings. The van der Waals surface area contributed by atoms with Gasteiger partial charge in [-0.1, -0.05) is 19.8 Å². The largest absolute Gasteiger partial charge is 0.497 e. The van der Waals surface area contributed by atoms with Crippen molar-refractivity contribution in [3.05, 3.63) is 24.3 Å². The highest BCUT2D eigenvalue weighted by atomic mass is 16.5. The van der Waals surface area contributed by atoms with E-state index in [2.05, 4.69) is 5.32 Å². The number of carbonyl (C=O) groups is 2. The summed E-state index contributed by atoms with van der Waals surface area (Å²) in [6, 6.07) is 6.48. The second-order valence-corrected chi connectivity index (χ2v) is 6.42. The first-order valence-corrected chi connectivity index (χ1v) is 8.48. The van der Waals surface area contributed by atoms with Gasteiger partial charge in [-0.05, 0) is 37.6 Å². The molecule has 2 N–H and O–H groups in total. The molecule has 0 aliphatic carbocycles. The predicted molar refractivity (Wildman–Crippen MR) is 92.7 cm³/mol. The lowest BCUT2D eigenvalue weighted by atomic mass is 9.95. The molecule has 3 amide bonds. The fraction of sp³-hybridized carbons (Fsp3) is 0.556. The second kappa shape index (κ2) is 8.20. The van der Waals surface area contributed by atoms with Crippen LogP contribution in [0.3, 0.4) is 0 Å². The van der Waals surface area contributed by atoms with Crippen LogP contribution in [0.2, 0.25) is 0 Å². The number of β-amino-alcohol motifs (C(OH)–C–C–N with tert-alkyl or cyclic N) is 1. The average Bonchev–Trinajstić information content (AvgIpc) is 2.82. The number of unbranched alkanes of at least 4 members (excludes halogenated alkanes) is 1. The molecular weight excluding hydrogens is 324 g/mol. The normalized spacial score (nSPS) is 21.2. The lowest BCUT2D eigenvalue weighted by Gasteiger charge is -2.22. The number of methoxy groups -OCH3 is 1. The van der Waals surface area contributed by atoms with Gasteiger partial charge in [0.1, 0.15) is 29.7 Å². The minimum Gasteiger partial charge on any atom is -0.497 e. The first-order chi connectivity index (χ1) is 11.9. The maximum Gasteiger partial charge on any atom is 0.325 e. The van der Waals surface area contributed by atoms with E-state index in [0.29, 0.717) is 17.9 Å². The van der Waals surface area contributed by atoms with E-state index in [0.717, 1.165) is 17.7 Å². The van der Waals surface area contributed by atoms with E-state index in [9.17, 15) is 14.7 Å². The van der Waals surface area contributed by atoms with Gasteiger partial charge in [-0.15, -0.1) is 0 Å². The number of carbonyl (C=O) groups excluding carboxylic acids is 2. The topological polar surface area (TPSA) is 88.1 Å². The van der Waals surface area contributed by atoms with Crippen molar-refractivity contribution in [2.45, 2.75) is 44.8 Å². The number of imide groups is 1. The Morgan fingerprint density at radius 3 is 2.48 bits per heavy atom. The lowest BCUT2D eigenvalue weighted by molar-refractivity contribution is -0.132. The van der Waals surface area contributed by atoms with Crippen molar-refractivity contribution in [3.8, 4) is 11.5 Å². The summed E-state index contributed by atoms with van der Waals surface area (Å²) in [7, 11) is 1.58.